The van der Waals surface area contributed by atoms with E-state index in [1.54, 1.807) is 0 Å². The van der Waals surface area contributed by atoms with Crippen molar-refractivity contribution in [1.82, 2.24) is 4.57 Å². The van der Waals surface area contributed by atoms with Crippen molar-refractivity contribution in [3.8, 4) is 6.07 Å². The highest BCUT2D eigenvalue weighted by molar-refractivity contribution is 6.24. The first kappa shape index (κ1) is 18.3. The molecule has 23 heavy (non-hydrogen) atoms. The third-order valence-electron chi connectivity index (χ3n) is 2.72. The summed E-state index contributed by atoms with van der Waals surface area (Å²) in [4.78, 5) is 5.70. The van der Waals surface area contributed by atoms with Gasteiger partial charge in [-0.3, -0.25) is 0 Å². The molecule has 0 amide bonds. The van der Waals surface area contributed by atoms with E-state index in [0.29, 0.717) is 0 Å². The lowest BCUT2D eigenvalue weighted by molar-refractivity contribution is -0.671. The largest absolute Gasteiger partial charge is 0.761 e. The molecular weight excluding hydrogens is 309 g/mol. The van der Waals surface area contributed by atoms with Crippen LogP contribution in [0.2, 0.25) is 0 Å². The second kappa shape index (κ2) is 8.06. The van der Waals surface area contributed by atoms with Crippen LogP contribution in [0.25, 0.3) is 5.41 Å². The minimum Gasteiger partial charge on any atom is -0.761 e. The van der Waals surface area contributed by atoms with Gasteiger partial charge < -0.3 is 5.41 Å². The minimum atomic E-state index is -4.72. The van der Waals surface area contributed by atoms with Gasteiger partial charge in [-0.2, -0.15) is 18.4 Å². The number of halogens is 3. The van der Waals surface area contributed by atoms with E-state index < -0.39 is 23.4 Å². The summed E-state index contributed by atoms with van der Waals surface area (Å²) >= 11 is 0. The molecule has 9 heteroatoms. The quantitative estimate of drug-likeness (QED) is 0.620. The molecule has 0 saturated heterocycles. The van der Waals surface area contributed by atoms with E-state index in [2.05, 4.69) is 44.8 Å². The van der Waals surface area contributed by atoms with Crippen LogP contribution in [0.3, 0.4) is 0 Å². The lowest BCUT2D eigenvalue weighted by Gasteiger charge is -1.99. The van der Waals surface area contributed by atoms with Gasteiger partial charge in [0, 0.05) is 0 Å². The SMILES string of the molecule is CCCCn1cc[n+](C)c1.N#CC1=NC(C(F)(F)F)=NC1=C=[N-]. The summed E-state index contributed by atoms with van der Waals surface area (Å²) in [5.41, 5.74) is -1.20. The average molecular weight is 324 g/mol. The lowest BCUT2D eigenvalue weighted by atomic mass is 10.3. The number of aromatic nitrogens is 2. The van der Waals surface area contributed by atoms with Gasteiger partial charge in [0.2, 0.25) is 12.2 Å². The maximum Gasteiger partial charge on any atom is 0.451 e. The van der Waals surface area contributed by atoms with Crippen molar-refractivity contribution in [3.05, 3.63) is 29.8 Å². The van der Waals surface area contributed by atoms with Crippen LogP contribution in [0.1, 0.15) is 19.8 Å². The third kappa shape index (κ3) is 5.52. The Bertz CT molecular complexity index is 699. The van der Waals surface area contributed by atoms with E-state index >= 15 is 0 Å². The molecule has 0 saturated carbocycles. The summed E-state index contributed by atoms with van der Waals surface area (Å²) < 4.78 is 40.0. The highest BCUT2D eigenvalue weighted by Crippen LogP contribution is 2.23. The van der Waals surface area contributed by atoms with Crippen molar-refractivity contribution in [1.29, 1.82) is 5.26 Å². The highest BCUT2D eigenvalue weighted by Gasteiger charge is 2.39. The number of alkyl halides is 3. The van der Waals surface area contributed by atoms with Gasteiger partial charge in [0.25, 0.3) is 0 Å². The summed E-state index contributed by atoms with van der Waals surface area (Å²) in [6.45, 7) is 3.36. The minimum absolute atomic E-state index is 0.602. The molecule has 0 unspecified atom stereocenters. The Balaban J connectivity index is 0.000000238. The fourth-order valence-electron chi connectivity index (χ4n) is 1.60. The molecule has 2 heterocycles. The molecule has 122 valence electrons. The number of unbranched alkanes of at least 4 members (excludes halogenated alkanes) is 1. The van der Waals surface area contributed by atoms with E-state index in [9.17, 15) is 13.2 Å². The standard InChI is InChI=1S/C8H15N2.C6F3N4/c1-3-4-5-10-7-6-9(2)8-10;7-6(8,9)5-12-3(1-10)4(2-11)13-5/h6-8H,3-5H2,1-2H3;/q+1;-1. The summed E-state index contributed by atoms with van der Waals surface area (Å²) in [6.07, 6.45) is 4.10. The van der Waals surface area contributed by atoms with Crippen molar-refractivity contribution in [3.63, 3.8) is 0 Å². The molecule has 0 aliphatic carbocycles. The van der Waals surface area contributed by atoms with Gasteiger partial charge in [0.1, 0.15) is 24.2 Å². The molecule has 0 N–H and O–H groups in total. The van der Waals surface area contributed by atoms with Crippen molar-refractivity contribution in [2.45, 2.75) is 32.5 Å². The predicted molar refractivity (Wildman–Crippen MR) is 78.9 cm³/mol. The Morgan fingerprint density at radius 2 is 2.09 bits per heavy atom. The smallest absolute Gasteiger partial charge is 0.451 e. The van der Waals surface area contributed by atoms with Gasteiger partial charge in [0.05, 0.1) is 13.6 Å². The Hall–Kier alpha value is -2.72. The van der Waals surface area contributed by atoms with Gasteiger partial charge >= 0.3 is 6.18 Å². The number of imidazole rings is 1. The zero-order valence-electron chi connectivity index (χ0n) is 12.7. The van der Waals surface area contributed by atoms with Crippen molar-refractivity contribution < 1.29 is 17.7 Å². The summed E-state index contributed by atoms with van der Waals surface area (Å²) in [6, 6.07) is 1.34. The van der Waals surface area contributed by atoms with Crippen LogP contribution in [0, 0.1) is 11.3 Å². The highest BCUT2D eigenvalue weighted by atomic mass is 19.4. The number of aliphatic imine (C=N–C) groups is 2. The van der Waals surface area contributed by atoms with Gasteiger partial charge in [-0.25, -0.2) is 25.0 Å². The Morgan fingerprint density at radius 3 is 2.48 bits per heavy atom. The van der Waals surface area contributed by atoms with E-state index in [4.69, 9.17) is 10.7 Å². The number of hydrogen-bond donors (Lipinski definition) is 0. The molecule has 1 aromatic heterocycles. The van der Waals surface area contributed by atoms with Crippen LogP contribution in [0.15, 0.2) is 34.4 Å². The fraction of sp³-hybridized carbons (Fsp3) is 0.429. The molecular formula is C14H15F3N6. The molecule has 1 aliphatic heterocycles. The molecule has 6 nitrogen and oxygen atoms in total. The van der Waals surface area contributed by atoms with Crippen LogP contribution >= 0.6 is 0 Å². The van der Waals surface area contributed by atoms with Crippen LogP contribution in [0.5, 0.6) is 0 Å². The van der Waals surface area contributed by atoms with E-state index in [0.717, 1.165) is 6.54 Å². The molecule has 0 atom stereocenters. The zero-order valence-corrected chi connectivity index (χ0v) is 12.7. The number of nitrogens with zero attached hydrogens (tertiary/aromatic N) is 6. The number of nitriles is 1. The topological polar surface area (TPSA) is 79.6 Å². The lowest BCUT2D eigenvalue weighted by Crippen LogP contribution is -2.23. The maximum atomic E-state index is 11.9. The van der Waals surface area contributed by atoms with Crippen LogP contribution in [-0.4, -0.2) is 28.2 Å². The normalized spacial score (nSPS) is 13.5. The van der Waals surface area contributed by atoms with E-state index in [-0.39, 0.29) is 0 Å². The maximum absolute atomic E-state index is 11.9. The summed E-state index contributed by atoms with van der Waals surface area (Å²) in [7, 11) is 2.04. The summed E-state index contributed by atoms with van der Waals surface area (Å²) in [5.74, 6) is -0.115. The zero-order chi connectivity index (χ0) is 17.5. The van der Waals surface area contributed by atoms with Gasteiger partial charge in [-0.15, -0.1) is 0 Å². The molecule has 0 spiro atoms. The van der Waals surface area contributed by atoms with Crippen molar-refractivity contribution in [2.24, 2.45) is 17.0 Å². The number of allylic oxidation sites excluding steroid dienone is 1. The first-order chi connectivity index (χ1) is 10.8. The number of aryl methyl sites for hydroxylation is 2. The molecule has 1 aliphatic rings. The van der Waals surface area contributed by atoms with Crippen molar-refractivity contribution in [2.75, 3.05) is 0 Å². The summed E-state index contributed by atoms with van der Waals surface area (Å²) in [5, 5.41) is 16.5. The van der Waals surface area contributed by atoms with Crippen LogP contribution < -0.4 is 4.57 Å². The third-order valence-corrected chi connectivity index (χ3v) is 2.72. The first-order valence-corrected chi connectivity index (χ1v) is 6.75. The molecule has 1 aromatic rings. The average Bonchev–Trinajstić information content (AvgIpc) is 3.10. The molecule has 0 aromatic carbocycles. The molecule has 0 fully saturated rings. The van der Waals surface area contributed by atoms with Crippen LogP contribution in [-0.2, 0) is 13.6 Å². The van der Waals surface area contributed by atoms with E-state index in [1.807, 2.05) is 7.05 Å². The monoisotopic (exact) mass is 324 g/mol. The predicted octanol–water partition coefficient (Wildman–Crippen LogP) is 2.16. The van der Waals surface area contributed by atoms with Crippen molar-refractivity contribution >= 4 is 17.4 Å². The number of amidine groups is 1. The molecule has 0 radical (unpaired) electrons. The van der Waals surface area contributed by atoms with Gasteiger partial charge in [-0.1, -0.05) is 13.3 Å². The van der Waals surface area contributed by atoms with Gasteiger partial charge in [-0.05, 0) is 6.42 Å². The van der Waals surface area contributed by atoms with E-state index in [1.165, 1.54) is 24.8 Å². The molecule has 2 rings (SSSR count). The Labute approximate surface area is 131 Å². The Kier molecular flexibility index (Phi) is 6.42. The Morgan fingerprint density at radius 1 is 1.39 bits per heavy atom. The fourth-order valence-corrected chi connectivity index (χ4v) is 1.60. The molecule has 0 bridgehead atoms. The van der Waals surface area contributed by atoms with Crippen LogP contribution in [0.4, 0.5) is 13.2 Å². The second-order valence-corrected chi connectivity index (χ2v) is 4.64. The number of rotatable bonds is 3. The number of hydrogen-bond acceptors (Lipinski definition) is 3. The second-order valence-electron chi connectivity index (χ2n) is 4.64. The van der Waals surface area contributed by atoms with Gasteiger partial charge in [0.15, 0.2) is 5.71 Å². The first-order valence-electron chi connectivity index (χ1n) is 6.75.